The SMILES string of the molecule is CC(CO[Si](C)(C)C(C)(C)C)(COS(C)(=O)=O)Oc1[nH]ncc1C(C)(C)C. The van der Waals surface area contributed by atoms with Crippen LogP contribution in [0.5, 0.6) is 5.88 Å². The van der Waals surface area contributed by atoms with Gasteiger partial charge < -0.3 is 9.16 Å². The van der Waals surface area contributed by atoms with Crippen LogP contribution in [0, 0.1) is 0 Å². The molecule has 27 heavy (non-hydrogen) atoms. The molecule has 0 spiro atoms. The lowest BCUT2D eigenvalue weighted by Gasteiger charge is -2.39. The zero-order chi connectivity index (χ0) is 21.3. The average Bonchev–Trinajstić information content (AvgIpc) is 2.89. The zero-order valence-electron chi connectivity index (χ0n) is 18.4. The van der Waals surface area contributed by atoms with Crippen molar-refractivity contribution in [2.45, 2.75) is 77.6 Å². The fraction of sp³-hybridized carbons (Fsp3) is 0.833. The summed E-state index contributed by atoms with van der Waals surface area (Å²) in [5.74, 6) is 0.501. The largest absolute Gasteiger partial charge is 0.467 e. The van der Waals surface area contributed by atoms with Gasteiger partial charge >= 0.3 is 0 Å². The first kappa shape index (κ1) is 24.1. The van der Waals surface area contributed by atoms with Gasteiger partial charge in [-0.1, -0.05) is 41.5 Å². The molecule has 7 nitrogen and oxygen atoms in total. The van der Waals surface area contributed by atoms with Crippen LogP contribution in [0.2, 0.25) is 18.1 Å². The summed E-state index contributed by atoms with van der Waals surface area (Å²) in [4.78, 5) is 0. The number of aromatic amines is 1. The molecule has 1 rings (SSSR count). The lowest BCUT2D eigenvalue weighted by molar-refractivity contribution is -0.00977. The highest BCUT2D eigenvalue weighted by Crippen LogP contribution is 2.38. The fourth-order valence-electron chi connectivity index (χ4n) is 2.01. The highest BCUT2D eigenvalue weighted by molar-refractivity contribution is 7.85. The molecule has 0 aliphatic carbocycles. The van der Waals surface area contributed by atoms with Gasteiger partial charge in [0.15, 0.2) is 13.9 Å². The molecule has 0 saturated heterocycles. The molecule has 1 aromatic heterocycles. The van der Waals surface area contributed by atoms with Gasteiger partial charge in [0, 0.05) is 5.56 Å². The van der Waals surface area contributed by atoms with Gasteiger partial charge in [0.25, 0.3) is 10.1 Å². The van der Waals surface area contributed by atoms with Gasteiger partial charge in [0.2, 0.25) is 5.88 Å². The number of hydrogen-bond acceptors (Lipinski definition) is 6. The summed E-state index contributed by atoms with van der Waals surface area (Å²) in [6, 6.07) is 0. The lowest BCUT2D eigenvalue weighted by Crippen LogP contribution is -2.50. The van der Waals surface area contributed by atoms with Gasteiger partial charge in [-0.05, 0) is 30.5 Å². The maximum Gasteiger partial charge on any atom is 0.264 e. The van der Waals surface area contributed by atoms with Crippen LogP contribution >= 0.6 is 0 Å². The molecule has 1 aromatic rings. The molecule has 158 valence electrons. The van der Waals surface area contributed by atoms with Crippen LogP contribution in [0.1, 0.15) is 54.0 Å². The Morgan fingerprint density at radius 2 is 1.63 bits per heavy atom. The first-order valence-corrected chi connectivity index (χ1v) is 13.8. The van der Waals surface area contributed by atoms with Gasteiger partial charge in [-0.25, -0.2) is 5.10 Å². The van der Waals surface area contributed by atoms with Crippen molar-refractivity contribution in [3.63, 3.8) is 0 Å². The van der Waals surface area contributed by atoms with E-state index >= 15 is 0 Å². The fourth-order valence-corrected chi connectivity index (χ4v) is 3.58. The summed E-state index contributed by atoms with van der Waals surface area (Å²) in [5, 5.41) is 6.98. The quantitative estimate of drug-likeness (QED) is 0.507. The third-order valence-corrected chi connectivity index (χ3v) is 9.91. The van der Waals surface area contributed by atoms with Crippen LogP contribution in [0.4, 0.5) is 0 Å². The number of rotatable bonds is 8. The Labute approximate surface area is 165 Å². The van der Waals surface area contributed by atoms with E-state index < -0.39 is 24.0 Å². The minimum atomic E-state index is -3.61. The molecule has 0 radical (unpaired) electrons. The van der Waals surface area contributed by atoms with Crippen LogP contribution in [0.25, 0.3) is 0 Å². The highest BCUT2D eigenvalue weighted by Gasteiger charge is 2.41. The predicted octanol–water partition coefficient (Wildman–Crippen LogP) is 3.84. The summed E-state index contributed by atoms with van der Waals surface area (Å²) >= 11 is 0. The number of hydrogen-bond donors (Lipinski definition) is 1. The van der Waals surface area contributed by atoms with Gasteiger partial charge in [-0.15, -0.1) is 0 Å². The Morgan fingerprint density at radius 1 is 1.07 bits per heavy atom. The van der Waals surface area contributed by atoms with Gasteiger partial charge in [-0.2, -0.15) is 13.5 Å². The highest BCUT2D eigenvalue weighted by atomic mass is 32.2. The summed E-state index contributed by atoms with van der Waals surface area (Å²) in [6.07, 6.45) is 2.75. The second-order valence-corrected chi connectivity index (χ2v) is 16.4. The van der Waals surface area contributed by atoms with E-state index in [-0.39, 0.29) is 23.7 Å². The molecule has 0 aliphatic heterocycles. The Bertz CT molecular complexity index is 732. The number of H-pyrrole nitrogens is 1. The van der Waals surface area contributed by atoms with E-state index in [9.17, 15) is 8.42 Å². The number of nitrogens with one attached hydrogen (secondary N) is 1. The van der Waals surface area contributed by atoms with E-state index in [0.717, 1.165) is 11.8 Å². The minimum Gasteiger partial charge on any atom is -0.467 e. The molecule has 0 aromatic carbocycles. The van der Waals surface area contributed by atoms with Crippen molar-refractivity contribution in [1.29, 1.82) is 0 Å². The molecule has 0 bridgehead atoms. The van der Waals surface area contributed by atoms with E-state index in [0.29, 0.717) is 5.88 Å². The van der Waals surface area contributed by atoms with E-state index in [1.807, 2.05) is 0 Å². The van der Waals surface area contributed by atoms with E-state index in [4.69, 9.17) is 13.3 Å². The molecule has 0 amide bonds. The second-order valence-electron chi connectivity index (χ2n) is 9.93. The minimum absolute atomic E-state index is 0.0240. The summed E-state index contributed by atoms with van der Waals surface area (Å²) in [6.45, 7) is 18.8. The van der Waals surface area contributed by atoms with Crippen molar-refractivity contribution in [2.24, 2.45) is 0 Å². The monoisotopic (exact) mass is 420 g/mol. The molecule has 1 atom stereocenters. The first-order valence-electron chi connectivity index (χ1n) is 9.08. The summed E-state index contributed by atoms with van der Waals surface area (Å²) in [7, 11) is -5.66. The van der Waals surface area contributed by atoms with E-state index in [1.54, 1.807) is 13.1 Å². The maximum atomic E-state index is 11.5. The number of aromatic nitrogens is 2. The molecule has 1 unspecified atom stereocenters. The Morgan fingerprint density at radius 3 is 2.07 bits per heavy atom. The standard InChI is InChI=1S/C18H36N2O5SSi/c1-16(2,3)14-11-19-20-15(14)25-18(7,12-23-26(8,21)22)13-24-27(9,10)17(4,5)6/h11H,12-13H2,1-10H3,(H,19,20). The molecule has 0 aliphatic rings. The Kier molecular flexibility index (Phi) is 7.01. The lowest BCUT2D eigenvalue weighted by atomic mass is 9.89. The maximum absolute atomic E-state index is 11.5. The van der Waals surface area contributed by atoms with Crippen molar-refractivity contribution in [2.75, 3.05) is 19.5 Å². The third kappa shape index (κ3) is 7.21. The van der Waals surface area contributed by atoms with Crippen molar-refractivity contribution in [3.05, 3.63) is 11.8 Å². The van der Waals surface area contributed by atoms with Crippen molar-refractivity contribution in [1.82, 2.24) is 10.2 Å². The molecule has 0 fully saturated rings. The van der Waals surface area contributed by atoms with Crippen molar-refractivity contribution < 1.29 is 21.8 Å². The molecule has 0 saturated carbocycles. The summed E-state index contributed by atoms with van der Waals surface area (Å²) in [5.41, 5.74) is -0.271. The second kappa shape index (κ2) is 7.85. The summed E-state index contributed by atoms with van der Waals surface area (Å²) < 4.78 is 40.6. The normalized spacial score (nSPS) is 16.2. The molecular formula is C18H36N2O5SSi. The van der Waals surface area contributed by atoms with Crippen LogP contribution < -0.4 is 4.74 Å². The molecule has 1 N–H and O–H groups in total. The molecular weight excluding hydrogens is 384 g/mol. The van der Waals surface area contributed by atoms with Crippen molar-refractivity contribution in [3.8, 4) is 5.88 Å². The number of nitrogens with zero attached hydrogens (tertiary/aromatic N) is 1. The zero-order valence-corrected chi connectivity index (χ0v) is 20.2. The number of ether oxygens (including phenoxy) is 1. The van der Waals surface area contributed by atoms with Crippen LogP contribution in [-0.4, -0.2) is 52.0 Å². The Hall–Kier alpha value is -0.903. The smallest absolute Gasteiger partial charge is 0.264 e. The van der Waals surface area contributed by atoms with Gasteiger partial charge in [0.05, 0.1) is 19.1 Å². The third-order valence-electron chi connectivity index (χ3n) is 4.88. The van der Waals surface area contributed by atoms with Crippen molar-refractivity contribution >= 4 is 18.4 Å². The van der Waals surface area contributed by atoms with Crippen LogP contribution in [-0.2, 0) is 24.1 Å². The first-order chi connectivity index (χ1) is 11.9. The van der Waals surface area contributed by atoms with Crippen LogP contribution in [0.3, 0.4) is 0 Å². The predicted molar refractivity (Wildman–Crippen MR) is 110 cm³/mol. The van der Waals surface area contributed by atoms with Gasteiger partial charge in [0.1, 0.15) is 6.61 Å². The van der Waals surface area contributed by atoms with E-state index in [2.05, 4.69) is 64.8 Å². The van der Waals surface area contributed by atoms with Crippen LogP contribution in [0.15, 0.2) is 6.20 Å². The Balaban J connectivity index is 3.11. The average molecular weight is 421 g/mol. The van der Waals surface area contributed by atoms with Gasteiger partial charge in [-0.3, -0.25) is 4.18 Å². The molecule has 9 heteroatoms. The topological polar surface area (TPSA) is 90.5 Å². The molecule has 1 heterocycles. The van der Waals surface area contributed by atoms with E-state index in [1.165, 1.54) is 0 Å².